The van der Waals surface area contributed by atoms with Gasteiger partial charge in [0.05, 0.1) is 11.3 Å². The molecule has 4 heteroatoms. The predicted octanol–water partition coefficient (Wildman–Crippen LogP) is 0.728. The van der Waals surface area contributed by atoms with Crippen molar-refractivity contribution < 1.29 is 5.11 Å². The molecule has 3 unspecified atom stereocenters. The summed E-state index contributed by atoms with van der Waals surface area (Å²) in [6.07, 6.45) is 2.80. The zero-order valence-corrected chi connectivity index (χ0v) is 10.7. The van der Waals surface area contributed by atoms with Crippen LogP contribution in [0.1, 0.15) is 24.2 Å². The highest BCUT2D eigenvalue weighted by atomic mass is 16.3. The Morgan fingerprint density at radius 2 is 2.35 bits per heavy atom. The minimum atomic E-state index is -0.507. The van der Waals surface area contributed by atoms with Gasteiger partial charge in [-0.05, 0) is 32.4 Å². The second-order valence-corrected chi connectivity index (χ2v) is 5.72. The zero-order valence-electron chi connectivity index (χ0n) is 10.7. The molecule has 0 spiro atoms. The number of aromatic nitrogens is 2. The molecule has 3 atom stereocenters. The van der Waals surface area contributed by atoms with Crippen LogP contribution in [-0.4, -0.2) is 45.0 Å². The first kappa shape index (κ1) is 11.2. The van der Waals surface area contributed by atoms with E-state index in [9.17, 15) is 5.11 Å². The van der Waals surface area contributed by atoms with E-state index in [0.29, 0.717) is 5.92 Å². The molecule has 0 saturated carbocycles. The van der Waals surface area contributed by atoms with Crippen LogP contribution in [0.25, 0.3) is 0 Å². The zero-order chi connectivity index (χ0) is 12.0. The SMILES string of the molecule is Cc1cc(CC2(O)CCN3CCC2C3)n(C)n1. The Kier molecular flexibility index (Phi) is 2.52. The number of piperidine rings is 1. The van der Waals surface area contributed by atoms with E-state index in [1.54, 1.807) is 0 Å². The highest BCUT2D eigenvalue weighted by Crippen LogP contribution is 2.37. The number of aryl methyl sites for hydroxylation is 2. The topological polar surface area (TPSA) is 41.3 Å². The monoisotopic (exact) mass is 235 g/mol. The number of rotatable bonds is 2. The van der Waals surface area contributed by atoms with Gasteiger partial charge in [0, 0.05) is 38.2 Å². The summed E-state index contributed by atoms with van der Waals surface area (Å²) in [5, 5.41) is 15.2. The maximum absolute atomic E-state index is 10.9. The fourth-order valence-corrected chi connectivity index (χ4v) is 3.41. The van der Waals surface area contributed by atoms with E-state index in [0.717, 1.165) is 50.3 Å². The molecule has 1 aromatic rings. The maximum atomic E-state index is 10.9. The van der Waals surface area contributed by atoms with Crippen molar-refractivity contribution in [3.05, 3.63) is 17.5 Å². The van der Waals surface area contributed by atoms with E-state index in [-0.39, 0.29) is 0 Å². The first-order chi connectivity index (χ1) is 8.07. The van der Waals surface area contributed by atoms with Crippen molar-refractivity contribution in [2.45, 2.75) is 31.8 Å². The Morgan fingerprint density at radius 1 is 1.53 bits per heavy atom. The van der Waals surface area contributed by atoms with E-state index in [1.165, 1.54) is 0 Å². The van der Waals surface area contributed by atoms with Crippen LogP contribution in [0.4, 0.5) is 0 Å². The Hall–Kier alpha value is -0.870. The molecule has 3 rings (SSSR count). The molecule has 94 valence electrons. The van der Waals surface area contributed by atoms with Crippen LogP contribution >= 0.6 is 0 Å². The second-order valence-electron chi connectivity index (χ2n) is 5.72. The van der Waals surface area contributed by atoms with Gasteiger partial charge in [-0.3, -0.25) is 4.68 Å². The van der Waals surface area contributed by atoms with E-state index < -0.39 is 5.60 Å². The molecule has 17 heavy (non-hydrogen) atoms. The maximum Gasteiger partial charge on any atom is 0.0755 e. The second kappa shape index (κ2) is 3.82. The van der Waals surface area contributed by atoms with Gasteiger partial charge in [-0.2, -0.15) is 5.10 Å². The molecule has 0 radical (unpaired) electrons. The molecule has 2 aliphatic heterocycles. The van der Waals surface area contributed by atoms with Crippen LogP contribution in [-0.2, 0) is 13.5 Å². The van der Waals surface area contributed by atoms with Crippen molar-refractivity contribution in [1.82, 2.24) is 14.7 Å². The van der Waals surface area contributed by atoms with E-state index in [1.807, 2.05) is 18.7 Å². The first-order valence-corrected chi connectivity index (χ1v) is 6.51. The standard InChI is InChI=1S/C13H21N3O/c1-10-7-12(15(2)14-10)8-13(17)4-6-16-5-3-11(13)9-16/h7,11,17H,3-6,8-9H2,1-2H3. The Balaban J connectivity index is 1.81. The summed E-state index contributed by atoms with van der Waals surface area (Å²) in [5.41, 5.74) is 1.69. The molecule has 0 aliphatic carbocycles. The largest absolute Gasteiger partial charge is 0.389 e. The lowest BCUT2D eigenvalue weighted by Crippen LogP contribution is -2.48. The summed E-state index contributed by atoms with van der Waals surface area (Å²) in [7, 11) is 1.97. The van der Waals surface area contributed by atoms with Crippen molar-refractivity contribution in [3.63, 3.8) is 0 Å². The fourth-order valence-electron chi connectivity index (χ4n) is 3.41. The first-order valence-electron chi connectivity index (χ1n) is 6.51. The van der Waals surface area contributed by atoms with Gasteiger partial charge in [0.15, 0.2) is 0 Å². The molecule has 4 nitrogen and oxygen atoms in total. The smallest absolute Gasteiger partial charge is 0.0755 e. The molecule has 1 N–H and O–H groups in total. The van der Waals surface area contributed by atoms with Crippen molar-refractivity contribution in [1.29, 1.82) is 0 Å². The quantitative estimate of drug-likeness (QED) is 0.821. The average Bonchev–Trinajstić information content (AvgIpc) is 2.80. The highest BCUT2D eigenvalue weighted by Gasteiger charge is 2.45. The van der Waals surface area contributed by atoms with Crippen LogP contribution in [0.3, 0.4) is 0 Å². The predicted molar refractivity (Wildman–Crippen MR) is 65.8 cm³/mol. The third-order valence-corrected chi connectivity index (χ3v) is 4.48. The van der Waals surface area contributed by atoms with Gasteiger partial charge in [0.1, 0.15) is 0 Å². The molecule has 3 heterocycles. The normalized spacial score (nSPS) is 36.4. The lowest BCUT2D eigenvalue weighted by molar-refractivity contribution is -0.0451. The van der Waals surface area contributed by atoms with Crippen molar-refractivity contribution in [2.24, 2.45) is 13.0 Å². The van der Waals surface area contributed by atoms with Gasteiger partial charge >= 0.3 is 0 Å². The van der Waals surface area contributed by atoms with Crippen LogP contribution in [0.5, 0.6) is 0 Å². The lowest BCUT2D eigenvalue weighted by Gasteiger charge is -2.38. The van der Waals surface area contributed by atoms with E-state index >= 15 is 0 Å². The van der Waals surface area contributed by atoms with Gasteiger partial charge in [0.2, 0.25) is 0 Å². The van der Waals surface area contributed by atoms with Crippen molar-refractivity contribution in [3.8, 4) is 0 Å². The van der Waals surface area contributed by atoms with Crippen molar-refractivity contribution in [2.75, 3.05) is 19.6 Å². The van der Waals surface area contributed by atoms with Crippen LogP contribution in [0.2, 0.25) is 0 Å². The molecule has 2 saturated heterocycles. The van der Waals surface area contributed by atoms with Gasteiger partial charge in [-0.1, -0.05) is 0 Å². The summed E-state index contributed by atoms with van der Waals surface area (Å²) in [5.74, 6) is 0.450. The Bertz CT molecular complexity index is 428. The fraction of sp³-hybridized carbons (Fsp3) is 0.769. The molecule has 2 fully saturated rings. The third-order valence-electron chi connectivity index (χ3n) is 4.48. The molecular formula is C13H21N3O. The number of hydrogen-bond donors (Lipinski definition) is 1. The van der Waals surface area contributed by atoms with E-state index in [4.69, 9.17) is 0 Å². The van der Waals surface area contributed by atoms with Gasteiger partial charge in [0.25, 0.3) is 0 Å². The molecule has 2 aliphatic rings. The molecular weight excluding hydrogens is 214 g/mol. The molecule has 1 aromatic heterocycles. The summed E-state index contributed by atoms with van der Waals surface area (Å²) in [6, 6.07) is 2.10. The van der Waals surface area contributed by atoms with Crippen molar-refractivity contribution >= 4 is 0 Å². The number of fused-ring (bicyclic) bond motifs is 2. The lowest BCUT2D eigenvalue weighted by atomic mass is 9.79. The van der Waals surface area contributed by atoms with Gasteiger partial charge in [-0.15, -0.1) is 0 Å². The molecule has 2 bridgehead atoms. The summed E-state index contributed by atoms with van der Waals surface area (Å²) >= 11 is 0. The Labute approximate surface area is 102 Å². The molecule has 0 aromatic carbocycles. The minimum absolute atomic E-state index is 0.450. The highest BCUT2D eigenvalue weighted by molar-refractivity contribution is 5.13. The van der Waals surface area contributed by atoms with Crippen LogP contribution < -0.4 is 0 Å². The average molecular weight is 235 g/mol. The van der Waals surface area contributed by atoms with Gasteiger partial charge in [-0.25, -0.2) is 0 Å². The minimum Gasteiger partial charge on any atom is -0.389 e. The number of aliphatic hydroxyl groups is 1. The summed E-state index contributed by atoms with van der Waals surface area (Å²) < 4.78 is 1.91. The molecule has 0 amide bonds. The summed E-state index contributed by atoms with van der Waals surface area (Å²) in [6.45, 7) is 5.29. The number of hydrogen-bond acceptors (Lipinski definition) is 3. The third kappa shape index (κ3) is 1.89. The van der Waals surface area contributed by atoms with Crippen LogP contribution in [0.15, 0.2) is 6.07 Å². The number of nitrogens with zero attached hydrogens (tertiary/aromatic N) is 3. The van der Waals surface area contributed by atoms with Crippen LogP contribution in [0, 0.1) is 12.8 Å². The summed E-state index contributed by atoms with van der Waals surface area (Å²) in [4.78, 5) is 2.47. The Morgan fingerprint density at radius 3 is 3.06 bits per heavy atom. The van der Waals surface area contributed by atoms with Gasteiger partial charge < -0.3 is 10.0 Å². The van der Waals surface area contributed by atoms with E-state index in [2.05, 4.69) is 16.1 Å².